The van der Waals surface area contributed by atoms with Gasteiger partial charge in [0.1, 0.15) is 17.5 Å². The molecular weight excluding hydrogens is 276 g/mol. The number of anilines is 2. The van der Waals surface area contributed by atoms with E-state index >= 15 is 0 Å². The Morgan fingerprint density at radius 2 is 2.05 bits per heavy atom. The summed E-state index contributed by atoms with van der Waals surface area (Å²) in [4.78, 5) is 11.3. The summed E-state index contributed by atoms with van der Waals surface area (Å²) in [5.74, 6) is 2.45. The van der Waals surface area contributed by atoms with Crippen LogP contribution in [0.15, 0.2) is 30.3 Å². The van der Waals surface area contributed by atoms with Crippen molar-refractivity contribution in [1.29, 1.82) is 0 Å². The van der Waals surface area contributed by atoms with Gasteiger partial charge in [-0.15, -0.1) is 0 Å². The van der Waals surface area contributed by atoms with Crippen LogP contribution in [-0.4, -0.2) is 34.3 Å². The highest BCUT2D eigenvalue weighted by Gasteiger charge is 2.24. The van der Waals surface area contributed by atoms with Crippen molar-refractivity contribution in [2.75, 3.05) is 23.4 Å². The zero-order valence-electron chi connectivity index (χ0n) is 13.1. The molecule has 0 fully saturated rings. The van der Waals surface area contributed by atoms with E-state index in [4.69, 9.17) is 5.11 Å². The Hall–Kier alpha value is -2.14. The first kappa shape index (κ1) is 14.8. The first-order chi connectivity index (χ1) is 10.7. The van der Waals surface area contributed by atoms with Crippen molar-refractivity contribution in [1.82, 2.24) is 9.97 Å². The molecule has 1 aliphatic rings. The van der Waals surface area contributed by atoms with Crippen LogP contribution in [0.25, 0.3) is 0 Å². The van der Waals surface area contributed by atoms with E-state index in [1.165, 1.54) is 11.1 Å². The lowest BCUT2D eigenvalue weighted by molar-refractivity contribution is 0.311. The lowest BCUT2D eigenvalue weighted by Crippen LogP contribution is -2.39. The Morgan fingerprint density at radius 3 is 2.82 bits per heavy atom. The number of fused-ring (bicyclic) bond motifs is 1. The summed E-state index contributed by atoms with van der Waals surface area (Å²) < 4.78 is 0. The molecule has 0 saturated carbocycles. The molecule has 2 aromatic rings. The van der Waals surface area contributed by atoms with E-state index in [-0.39, 0.29) is 6.61 Å². The summed E-state index contributed by atoms with van der Waals surface area (Å²) in [6.07, 6.45) is 1.03. The van der Waals surface area contributed by atoms with Crippen molar-refractivity contribution in [2.45, 2.75) is 32.9 Å². The van der Waals surface area contributed by atoms with Crippen LogP contribution in [0.2, 0.25) is 0 Å². The molecule has 22 heavy (non-hydrogen) atoms. The molecule has 1 aromatic heterocycles. The molecule has 0 saturated heterocycles. The van der Waals surface area contributed by atoms with Gasteiger partial charge < -0.3 is 15.3 Å². The molecule has 5 nitrogen and oxygen atoms in total. The van der Waals surface area contributed by atoms with Crippen LogP contribution in [0, 0.1) is 6.92 Å². The van der Waals surface area contributed by atoms with Crippen LogP contribution in [0.1, 0.15) is 23.9 Å². The third-order valence-corrected chi connectivity index (χ3v) is 4.04. The van der Waals surface area contributed by atoms with Crippen molar-refractivity contribution >= 4 is 11.6 Å². The zero-order valence-corrected chi connectivity index (χ0v) is 13.1. The maximum atomic E-state index is 8.95. The van der Waals surface area contributed by atoms with E-state index in [9.17, 15) is 0 Å². The van der Waals surface area contributed by atoms with E-state index in [2.05, 4.69) is 51.4 Å². The van der Waals surface area contributed by atoms with Crippen molar-refractivity contribution in [2.24, 2.45) is 0 Å². The second kappa shape index (κ2) is 6.32. The predicted octanol–water partition coefficient (Wildman–Crippen LogP) is 2.14. The summed E-state index contributed by atoms with van der Waals surface area (Å²) in [5, 5.41) is 12.1. The molecule has 1 aliphatic heterocycles. The number of hydrogen-bond acceptors (Lipinski definition) is 5. The Morgan fingerprint density at radius 1 is 1.27 bits per heavy atom. The molecule has 0 spiro atoms. The number of rotatable bonds is 4. The molecule has 3 rings (SSSR count). The molecule has 116 valence electrons. The normalized spacial score (nSPS) is 17.2. The summed E-state index contributed by atoms with van der Waals surface area (Å²) in [6, 6.07) is 11.0. The molecule has 0 bridgehead atoms. The molecule has 1 aromatic carbocycles. The molecule has 0 amide bonds. The smallest absolute Gasteiger partial charge is 0.134 e. The number of benzene rings is 1. The van der Waals surface area contributed by atoms with Gasteiger partial charge in [0, 0.05) is 25.2 Å². The Bertz CT molecular complexity index is 659. The monoisotopic (exact) mass is 298 g/mol. The van der Waals surface area contributed by atoms with Gasteiger partial charge in [-0.2, -0.15) is 0 Å². The lowest BCUT2D eigenvalue weighted by atomic mass is 9.95. The van der Waals surface area contributed by atoms with Gasteiger partial charge in [0.15, 0.2) is 0 Å². The molecule has 0 unspecified atom stereocenters. The summed E-state index contributed by atoms with van der Waals surface area (Å²) in [6.45, 7) is 5.58. The maximum Gasteiger partial charge on any atom is 0.134 e. The summed E-state index contributed by atoms with van der Waals surface area (Å²) in [7, 11) is 0. The van der Waals surface area contributed by atoms with Crippen LogP contribution in [0.3, 0.4) is 0 Å². The molecular formula is C17H22N4O. The van der Waals surface area contributed by atoms with E-state index in [1.807, 2.05) is 13.0 Å². The average molecular weight is 298 g/mol. The van der Waals surface area contributed by atoms with Crippen molar-refractivity contribution in [3.8, 4) is 0 Å². The van der Waals surface area contributed by atoms with Crippen LogP contribution in [-0.2, 0) is 13.0 Å². The molecule has 2 heterocycles. The Labute approximate surface area is 131 Å². The number of aromatic nitrogens is 2. The van der Waals surface area contributed by atoms with Gasteiger partial charge in [-0.3, -0.25) is 0 Å². The Balaban J connectivity index is 1.89. The van der Waals surface area contributed by atoms with E-state index in [1.54, 1.807) is 0 Å². The van der Waals surface area contributed by atoms with Crippen molar-refractivity contribution in [3.05, 3.63) is 47.3 Å². The molecule has 1 atom stereocenters. The van der Waals surface area contributed by atoms with Crippen LogP contribution < -0.4 is 10.2 Å². The van der Waals surface area contributed by atoms with Gasteiger partial charge in [0.05, 0.1) is 6.61 Å². The molecule has 0 radical (unpaired) electrons. The number of nitrogens with zero attached hydrogens (tertiary/aromatic N) is 3. The number of nitrogens with one attached hydrogen (secondary N) is 1. The van der Waals surface area contributed by atoms with Gasteiger partial charge in [-0.25, -0.2) is 9.97 Å². The minimum Gasteiger partial charge on any atom is -0.395 e. The largest absolute Gasteiger partial charge is 0.395 e. The standard InChI is InChI=1S/C17H22N4O/c1-12-9-14-5-3-4-6-15(14)11-21(12)17-10-16(18-7-8-22)19-13(2)20-17/h3-6,10,12,22H,7-9,11H2,1-2H3,(H,18,19,20)/t12-/m0/s1. The topological polar surface area (TPSA) is 61.3 Å². The summed E-state index contributed by atoms with van der Waals surface area (Å²) in [5.41, 5.74) is 2.79. The van der Waals surface area contributed by atoms with E-state index in [0.29, 0.717) is 12.6 Å². The Kier molecular flexibility index (Phi) is 4.24. The lowest BCUT2D eigenvalue weighted by Gasteiger charge is -2.36. The number of hydrogen-bond donors (Lipinski definition) is 2. The van der Waals surface area contributed by atoms with Gasteiger partial charge in [-0.1, -0.05) is 24.3 Å². The fourth-order valence-corrected chi connectivity index (χ4v) is 2.96. The second-order valence-electron chi connectivity index (χ2n) is 5.76. The fraction of sp³-hybridized carbons (Fsp3) is 0.412. The third kappa shape index (κ3) is 3.04. The van der Waals surface area contributed by atoms with Crippen molar-refractivity contribution < 1.29 is 5.11 Å². The molecule has 2 N–H and O–H groups in total. The first-order valence-electron chi connectivity index (χ1n) is 7.71. The SMILES string of the molecule is Cc1nc(NCCO)cc(N2Cc3ccccc3C[C@@H]2C)n1. The van der Waals surface area contributed by atoms with E-state index in [0.717, 1.165) is 30.4 Å². The van der Waals surface area contributed by atoms with Gasteiger partial charge >= 0.3 is 0 Å². The van der Waals surface area contributed by atoms with Gasteiger partial charge in [0.25, 0.3) is 0 Å². The van der Waals surface area contributed by atoms with Crippen LogP contribution in [0.4, 0.5) is 11.6 Å². The highest BCUT2D eigenvalue weighted by atomic mass is 16.3. The van der Waals surface area contributed by atoms with Gasteiger partial charge in [-0.05, 0) is 31.4 Å². The molecule has 0 aliphatic carbocycles. The highest BCUT2D eigenvalue weighted by molar-refractivity contribution is 5.52. The van der Waals surface area contributed by atoms with Crippen molar-refractivity contribution in [3.63, 3.8) is 0 Å². The van der Waals surface area contributed by atoms with Crippen LogP contribution >= 0.6 is 0 Å². The minimum atomic E-state index is 0.0892. The fourth-order valence-electron chi connectivity index (χ4n) is 2.96. The van der Waals surface area contributed by atoms with Gasteiger partial charge in [0.2, 0.25) is 0 Å². The number of aliphatic hydroxyl groups excluding tert-OH is 1. The zero-order chi connectivity index (χ0) is 15.5. The number of aryl methyl sites for hydroxylation is 1. The average Bonchev–Trinajstić information content (AvgIpc) is 2.51. The first-order valence-corrected chi connectivity index (χ1v) is 7.71. The quantitative estimate of drug-likeness (QED) is 0.905. The van der Waals surface area contributed by atoms with E-state index < -0.39 is 0 Å². The minimum absolute atomic E-state index is 0.0892. The maximum absolute atomic E-state index is 8.95. The number of aliphatic hydroxyl groups is 1. The molecule has 5 heteroatoms. The highest BCUT2D eigenvalue weighted by Crippen LogP contribution is 2.28. The summed E-state index contributed by atoms with van der Waals surface area (Å²) >= 11 is 0. The predicted molar refractivity (Wildman–Crippen MR) is 88.1 cm³/mol. The van der Waals surface area contributed by atoms with Crippen LogP contribution in [0.5, 0.6) is 0 Å². The third-order valence-electron chi connectivity index (χ3n) is 4.04. The second-order valence-corrected chi connectivity index (χ2v) is 5.76.